The molecular weight excluding hydrogens is 438 g/mol. The van der Waals surface area contributed by atoms with Crippen molar-refractivity contribution < 1.29 is 0 Å². The van der Waals surface area contributed by atoms with E-state index < -0.39 is 5.41 Å². The molecule has 6 heteroatoms. The van der Waals surface area contributed by atoms with Crippen LogP contribution in [0.5, 0.6) is 0 Å². The molecule has 178 valence electrons. The van der Waals surface area contributed by atoms with Crippen LogP contribution in [0.2, 0.25) is 0 Å². The van der Waals surface area contributed by atoms with Crippen molar-refractivity contribution in [2.24, 2.45) is 0 Å². The zero-order valence-corrected chi connectivity index (χ0v) is 21.6. The number of rotatable bonds is 6. The lowest BCUT2D eigenvalue weighted by molar-refractivity contribution is 0.262. The lowest BCUT2D eigenvalue weighted by atomic mass is 9.77. The monoisotopic (exact) mass is 473 g/mol. The first-order chi connectivity index (χ1) is 16.2. The van der Waals surface area contributed by atoms with Crippen LogP contribution in [-0.2, 0) is 11.0 Å². The van der Waals surface area contributed by atoms with Crippen LogP contribution in [0.25, 0.3) is 0 Å². The van der Waals surface area contributed by atoms with Gasteiger partial charge in [-0.3, -0.25) is 10.8 Å². The highest BCUT2D eigenvalue weighted by atomic mass is 32.2. The SMILES string of the molecule is CCC(CC)(C(=N)SC(=N)c1c(C)nn2c1N[C@@H](c1ccccc1)CC2(C)C)c1ccccc1. The highest BCUT2D eigenvalue weighted by Gasteiger charge is 2.39. The standard InChI is InChI=1S/C28H35N5S/c1-6-28(7-2,21-16-12-9-13-17-21)26(30)34-24(29)23-19(3)32-33-25(23)31-22(18-27(33,4)5)20-14-10-8-11-15-20/h8-17,22,29-31H,6-7,18H2,1-5H3/t22-/m1/s1. The van der Waals surface area contributed by atoms with Gasteiger partial charge in [-0.1, -0.05) is 86.3 Å². The Morgan fingerprint density at radius 2 is 1.65 bits per heavy atom. The van der Waals surface area contributed by atoms with Gasteiger partial charge in [0.1, 0.15) is 10.9 Å². The van der Waals surface area contributed by atoms with Crippen molar-refractivity contribution in [2.45, 2.75) is 70.9 Å². The molecule has 3 aromatic rings. The third kappa shape index (κ3) is 4.20. The molecule has 0 bridgehead atoms. The molecule has 5 nitrogen and oxygen atoms in total. The highest BCUT2D eigenvalue weighted by Crippen LogP contribution is 2.43. The molecule has 34 heavy (non-hydrogen) atoms. The maximum Gasteiger partial charge on any atom is 0.135 e. The molecule has 0 saturated heterocycles. The van der Waals surface area contributed by atoms with Crippen molar-refractivity contribution in [2.75, 3.05) is 5.32 Å². The van der Waals surface area contributed by atoms with Crippen LogP contribution in [-0.4, -0.2) is 19.9 Å². The summed E-state index contributed by atoms with van der Waals surface area (Å²) in [7, 11) is 0. The average Bonchev–Trinajstić information content (AvgIpc) is 3.18. The Kier molecular flexibility index (Phi) is 6.72. The Morgan fingerprint density at radius 3 is 2.24 bits per heavy atom. The maximum atomic E-state index is 9.10. The summed E-state index contributed by atoms with van der Waals surface area (Å²) in [5.74, 6) is 0.881. The van der Waals surface area contributed by atoms with Gasteiger partial charge in [-0.15, -0.1) is 0 Å². The number of aryl methyl sites for hydroxylation is 1. The first-order valence-electron chi connectivity index (χ1n) is 12.1. The van der Waals surface area contributed by atoms with Gasteiger partial charge in [0.2, 0.25) is 0 Å². The molecule has 2 aromatic carbocycles. The number of fused-ring (bicyclic) bond motifs is 1. The van der Waals surface area contributed by atoms with E-state index in [2.05, 4.69) is 69.4 Å². The van der Waals surface area contributed by atoms with E-state index in [0.29, 0.717) is 10.1 Å². The Balaban J connectivity index is 1.68. The molecule has 0 aliphatic carbocycles. The fraction of sp³-hybridized carbons (Fsp3) is 0.393. The molecule has 0 spiro atoms. The summed E-state index contributed by atoms with van der Waals surface area (Å²) in [4.78, 5) is 0. The predicted molar refractivity (Wildman–Crippen MR) is 145 cm³/mol. The van der Waals surface area contributed by atoms with Gasteiger partial charge in [-0.05, 0) is 51.2 Å². The normalized spacial score (nSPS) is 17.0. The number of anilines is 1. The molecule has 1 aliphatic rings. The highest BCUT2D eigenvalue weighted by molar-refractivity contribution is 8.27. The lowest BCUT2D eigenvalue weighted by Gasteiger charge is -2.38. The summed E-state index contributed by atoms with van der Waals surface area (Å²) in [6.07, 6.45) is 2.54. The summed E-state index contributed by atoms with van der Waals surface area (Å²) in [5, 5.41) is 27.6. The number of thioether (sulfide) groups is 1. The fourth-order valence-corrected chi connectivity index (χ4v) is 6.33. The van der Waals surface area contributed by atoms with Crippen LogP contribution in [0.15, 0.2) is 60.7 Å². The minimum absolute atomic E-state index is 0.144. The van der Waals surface area contributed by atoms with E-state index in [1.54, 1.807) is 0 Å². The Bertz CT molecular complexity index is 1180. The number of nitrogens with zero attached hydrogens (tertiary/aromatic N) is 2. The van der Waals surface area contributed by atoms with Crippen molar-refractivity contribution in [1.82, 2.24) is 9.78 Å². The number of hydrogen-bond acceptors (Lipinski definition) is 5. The van der Waals surface area contributed by atoms with Gasteiger partial charge in [0.05, 0.1) is 27.9 Å². The molecular formula is C28H35N5S. The van der Waals surface area contributed by atoms with E-state index in [4.69, 9.17) is 15.9 Å². The molecule has 4 rings (SSSR count). The predicted octanol–water partition coefficient (Wildman–Crippen LogP) is 7.28. The third-order valence-electron chi connectivity index (χ3n) is 7.25. The van der Waals surface area contributed by atoms with Crippen molar-refractivity contribution in [3.8, 4) is 0 Å². The minimum Gasteiger partial charge on any atom is -0.363 e. The molecule has 2 heterocycles. The largest absolute Gasteiger partial charge is 0.363 e. The van der Waals surface area contributed by atoms with Crippen molar-refractivity contribution in [3.63, 3.8) is 0 Å². The van der Waals surface area contributed by atoms with Gasteiger partial charge in [0.25, 0.3) is 0 Å². The second-order valence-corrected chi connectivity index (χ2v) is 10.8. The lowest BCUT2D eigenvalue weighted by Crippen LogP contribution is -2.38. The second kappa shape index (κ2) is 9.41. The fourth-order valence-electron chi connectivity index (χ4n) is 5.18. The third-order valence-corrected chi connectivity index (χ3v) is 8.25. The number of nitrogens with one attached hydrogen (secondary N) is 3. The molecule has 3 N–H and O–H groups in total. The van der Waals surface area contributed by atoms with E-state index >= 15 is 0 Å². The molecule has 1 aromatic heterocycles. The van der Waals surface area contributed by atoms with E-state index in [1.807, 2.05) is 35.9 Å². The molecule has 0 amide bonds. The van der Waals surface area contributed by atoms with E-state index in [-0.39, 0.29) is 11.6 Å². The first kappa shape index (κ1) is 24.3. The first-order valence-corrected chi connectivity index (χ1v) is 12.9. The summed E-state index contributed by atoms with van der Waals surface area (Å²) < 4.78 is 2.04. The van der Waals surface area contributed by atoms with E-state index in [9.17, 15) is 0 Å². The van der Waals surface area contributed by atoms with Gasteiger partial charge in [0.15, 0.2) is 0 Å². The van der Waals surface area contributed by atoms with Gasteiger partial charge in [0, 0.05) is 5.41 Å². The minimum atomic E-state index is -0.390. The maximum absolute atomic E-state index is 9.10. The van der Waals surface area contributed by atoms with Crippen LogP contribution in [0, 0.1) is 17.7 Å². The summed E-state index contributed by atoms with van der Waals surface area (Å²) >= 11 is 1.27. The Hall–Kier alpha value is -2.86. The average molecular weight is 474 g/mol. The number of aromatic nitrogens is 2. The van der Waals surface area contributed by atoms with Gasteiger partial charge >= 0.3 is 0 Å². The molecule has 0 fully saturated rings. The van der Waals surface area contributed by atoms with Crippen molar-refractivity contribution in [3.05, 3.63) is 83.0 Å². The van der Waals surface area contributed by atoms with Gasteiger partial charge in [-0.2, -0.15) is 5.10 Å². The zero-order valence-electron chi connectivity index (χ0n) is 20.8. The smallest absolute Gasteiger partial charge is 0.135 e. The molecule has 0 saturated carbocycles. The van der Waals surface area contributed by atoms with Crippen LogP contribution in [0.1, 0.15) is 75.4 Å². The summed E-state index contributed by atoms with van der Waals surface area (Å²) in [5.41, 5.74) is 3.42. The van der Waals surface area contributed by atoms with Crippen LogP contribution >= 0.6 is 11.8 Å². The Labute approximate surface area is 207 Å². The van der Waals surface area contributed by atoms with Crippen LogP contribution < -0.4 is 5.32 Å². The van der Waals surface area contributed by atoms with Crippen molar-refractivity contribution >= 4 is 27.7 Å². The number of hydrogen-bond donors (Lipinski definition) is 3. The van der Waals surface area contributed by atoms with Gasteiger partial charge < -0.3 is 5.32 Å². The van der Waals surface area contributed by atoms with Gasteiger partial charge in [-0.25, -0.2) is 4.68 Å². The quantitative estimate of drug-likeness (QED) is 0.260. The zero-order chi connectivity index (χ0) is 24.5. The molecule has 1 atom stereocenters. The van der Waals surface area contributed by atoms with Crippen molar-refractivity contribution in [1.29, 1.82) is 10.8 Å². The Morgan fingerprint density at radius 1 is 1.06 bits per heavy atom. The molecule has 0 unspecified atom stereocenters. The summed E-state index contributed by atoms with van der Waals surface area (Å²) in [6.45, 7) is 10.7. The molecule has 1 aliphatic heterocycles. The second-order valence-electron chi connectivity index (χ2n) is 9.76. The van der Waals surface area contributed by atoms with E-state index in [1.165, 1.54) is 17.3 Å². The van der Waals surface area contributed by atoms with Crippen LogP contribution in [0.3, 0.4) is 0 Å². The topological polar surface area (TPSA) is 77.6 Å². The number of benzene rings is 2. The van der Waals surface area contributed by atoms with Crippen LogP contribution in [0.4, 0.5) is 5.82 Å². The molecule has 0 radical (unpaired) electrons. The van der Waals surface area contributed by atoms with E-state index in [0.717, 1.165) is 41.9 Å². The summed E-state index contributed by atoms with van der Waals surface area (Å²) in [6, 6.07) is 20.9.